The summed E-state index contributed by atoms with van der Waals surface area (Å²) < 4.78 is 10.7. The highest BCUT2D eigenvalue weighted by Crippen LogP contribution is 2.26. The maximum atomic E-state index is 12.7. The molecule has 142 valence electrons. The minimum Gasteiger partial charge on any atom is -0.467 e. The Balaban J connectivity index is 1.54. The molecule has 0 atom stereocenters. The van der Waals surface area contributed by atoms with Crippen molar-refractivity contribution in [2.24, 2.45) is 0 Å². The van der Waals surface area contributed by atoms with E-state index in [9.17, 15) is 14.4 Å². The molecule has 4 rings (SSSR count). The first kappa shape index (κ1) is 17.8. The van der Waals surface area contributed by atoms with E-state index in [1.54, 1.807) is 25.2 Å². The summed E-state index contributed by atoms with van der Waals surface area (Å²) in [5.74, 6) is 0.866. The van der Waals surface area contributed by atoms with Gasteiger partial charge in [-0.25, -0.2) is 0 Å². The lowest BCUT2D eigenvalue weighted by Crippen LogP contribution is -2.29. The fourth-order valence-electron chi connectivity index (χ4n) is 3.22. The SMILES string of the molecule is Cc1ccc(CN(C)C(=O)c2ccc3c(c2)C(=O)N(Cc2ccco2)C3=O)o1. The van der Waals surface area contributed by atoms with Crippen molar-refractivity contribution in [3.8, 4) is 0 Å². The second kappa shape index (κ2) is 6.84. The molecule has 1 aromatic carbocycles. The van der Waals surface area contributed by atoms with Crippen LogP contribution in [0.5, 0.6) is 0 Å². The molecule has 0 bridgehead atoms. The molecule has 0 unspecified atom stereocenters. The molecule has 2 aromatic heterocycles. The zero-order chi connectivity index (χ0) is 19.8. The maximum Gasteiger partial charge on any atom is 0.261 e. The number of imide groups is 1. The Kier molecular flexibility index (Phi) is 4.35. The number of furan rings is 2. The molecule has 7 heteroatoms. The van der Waals surface area contributed by atoms with Crippen molar-refractivity contribution >= 4 is 17.7 Å². The molecule has 3 heterocycles. The summed E-state index contributed by atoms with van der Waals surface area (Å²) in [5, 5.41) is 0. The van der Waals surface area contributed by atoms with Crippen molar-refractivity contribution in [1.82, 2.24) is 9.80 Å². The van der Waals surface area contributed by atoms with Crippen LogP contribution in [0.1, 0.15) is 48.4 Å². The van der Waals surface area contributed by atoms with Crippen molar-refractivity contribution in [2.45, 2.75) is 20.0 Å². The fraction of sp³-hybridized carbons (Fsp3) is 0.190. The summed E-state index contributed by atoms with van der Waals surface area (Å²) in [6.07, 6.45) is 1.49. The van der Waals surface area contributed by atoms with E-state index in [4.69, 9.17) is 8.83 Å². The van der Waals surface area contributed by atoms with Crippen molar-refractivity contribution in [2.75, 3.05) is 7.05 Å². The van der Waals surface area contributed by atoms with Crippen LogP contribution in [-0.2, 0) is 13.1 Å². The Morgan fingerprint density at radius 1 is 1.04 bits per heavy atom. The molecule has 0 saturated carbocycles. The third-order valence-electron chi connectivity index (χ3n) is 4.65. The molecule has 1 aliphatic heterocycles. The van der Waals surface area contributed by atoms with Gasteiger partial charge in [0, 0.05) is 12.6 Å². The van der Waals surface area contributed by atoms with Gasteiger partial charge in [-0.1, -0.05) is 0 Å². The number of rotatable bonds is 5. The number of hydrogen-bond donors (Lipinski definition) is 0. The molecule has 0 aliphatic carbocycles. The second-order valence-electron chi connectivity index (χ2n) is 6.71. The maximum absolute atomic E-state index is 12.7. The van der Waals surface area contributed by atoms with Crippen LogP contribution in [0.15, 0.2) is 57.6 Å². The Bertz CT molecular complexity index is 1060. The molecule has 7 nitrogen and oxygen atoms in total. The zero-order valence-corrected chi connectivity index (χ0v) is 15.5. The van der Waals surface area contributed by atoms with Crippen LogP contribution in [0.3, 0.4) is 0 Å². The number of nitrogens with zero attached hydrogens (tertiary/aromatic N) is 2. The Morgan fingerprint density at radius 2 is 1.82 bits per heavy atom. The van der Waals surface area contributed by atoms with Crippen LogP contribution in [0.4, 0.5) is 0 Å². The zero-order valence-electron chi connectivity index (χ0n) is 15.5. The Hall–Kier alpha value is -3.61. The van der Waals surface area contributed by atoms with E-state index in [1.807, 2.05) is 19.1 Å². The molecule has 3 aromatic rings. The molecule has 0 radical (unpaired) electrons. The monoisotopic (exact) mass is 378 g/mol. The number of benzene rings is 1. The third-order valence-corrected chi connectivity index (χ3v) is 4.65. The van der Waals surface area contributed by atoms with Gasteiger partial charge >= 0.3 is 0 Å². The van der Waals surface area contributed by atoms with Gasteiger partial charge in [0.2, 0.25) is 0 Å². The number of carbonyl (C=O) groups is 3. The molecule has 0 saturated heterocycles. The lowest BCUT2D eigenvalue weighted by Gasteiger charge is -2.16. The van der Waals surface area contributed by atoms with Crippen molar-refractivity contribution in [3.05, 3.63) is 82.7 Å². The summed E-state index contributed by atoms with van der Waals surface area (Å²) in [6, 6.07) is 11.6. The van der Waals surface area contributed by atoms with Gasteiger partial charge in [0.05, 0.1) is 30.5 Å². The average molecular weight is 378 g/mol. The highest BCUT2D eigenvalue weighted by Gasteiger charge is 2.36. The summed E-state index contributed by atoms with van der Waals surface area (Å²) in [6.45, 7) is 2.20. The van der Waals surface area contributed by atoms with E-state index in [0.29, 0.717) is 23.6 Å². The minimum absolute atomic E-state index is 0.0559. The lowest BCUT2D eigenvalue weighted by molar-refractivity contribution is 0.0631. The average Bonchev–Trinajstić information content (AvgIpc) is 3.39. The lowest BCUT2D eigenvalue weighted by atomic mass is 10.0. The van der Waals surface area contributed by atoms with Gasteiger partial charge in [0.15, 0.2) is 0 Å². The van der Waals surface area contributed by atoms with Crippen molar-refractivity contribution in [1.29, 1.82) is 0 Å². The quantitative estimate of drug-likeness (QED) is 0.637. The van der Waals surface area contributed by atoms with E-state index in [1.165, 1.54) is 23.3 Å². The summed E-state index contributed by atoms with van der Waals surface area (Å²) in [7, 11) is 1.66. The third kappa shape index (κ3) is 3.11. The van der Waals surface area contributed by atoms with Crippen LogP contribution in [-0.4, -0.2) is 34.6 Å². The van der Waals surface area contributed by atoms with Gasteiger partial charge in [0.1, 0.15) is 17.3 Å². The predicted octanol–water partition coefficient (Wildman–Crippen LogP) is 3.25. The fourth-order valence-corrected chi connectivity index (χ4v) is 3.22. The van der Waals surface area contributed by atoms with Gasteiger partial charge in [0.25, 0.3) is 17.7 Å². The predicted molar refractivity (Wildman–Crippen MR) is 98.6 cm³/mol. The van der Waals surface area contributed by atoms with Gasteiger partial charge in [-0.3, -0.25) is 19.3 Å². The number of aryl methyl sites for hydroxylation is 1. The summed E-state index contributed by atoms with van der Waals surface area (Å²) in [5.41, 5.74) is 0.854. The van der Waals surface area contributed by atoms with Crippen molar-refractivity contribution < 1.29 is 23.2 Å². The van der Waals surface area contributed by atoms with Gasteiger partial charge < -0.3 is 13.7 Å². The molecule has 28 heavy (non-hydrogen) atoms. The number of carbonyl (C=O) groups excluding carboxylic acids is 3. The summed E-state index contributed by atoms with van der Waals surface area (Å²) in [4.78, 5) is 40.6. The van der Waals surface area contributed by atoms with Crippen LogP contribution in [0.25, 0.3) is 0 Å². The van der Waals surface area contributed by atoms with E-state index in [-0.39, 0.29) is 23.6 Å². The van der Waals surface area contributed by atoms with Gasteiger partial charge in [-0.05, 0) is 49.4 Å². The smallest absolute Gasteiger partial charge is 0.261 e. The number of fused-ring (bicyclic) bond motifs is 1. The standard InChI is InChI=1S/C21H18N2O5/c1-13-5-7-16(28-13)11-22(2)19(24)14-6-8-17-18(10-14)21(26)23(20(17)25)12-15-4-3-9-27-15/h3-10H,11-12H2,1-2H3. The molecule has 0 N–H and O–H groups in total. The van der Waals surface area contributed by atoms with Crippen LogP contribution in [0.2, 0.25) is 0 Å². The first-order chi connectivity index (χ1) is 13.4. The minimum atomic E-state index is -0.435. The highest BCUT2D eigenvalue weighted by molar-refractivity contribution is 6.21. The molecule has 0 spiro atoms. The number of hydrogen-bond acceptors (Lipinski definition) is 5. The summed E-state index contributed by atoms with van der Waals surface area (Å²) >= 11 is 0. The molecular formula is C21H18N2O5. The van der Waals surface area contributed by atoms with Crippen LogP contribution >= 0.6 is 0 Å². The Morgan fingerprint density at radius 3 is 2.50 bits per heavy atom. The van der Waals surface area contributed by atoms with E-state index < -0.39 is 11.8 Å². The highest BCUT2D eigenvalue weighted by atomic mass is 16.3. The first-order valence-electron chi connectivity index (χ1n) is 8.77. The molecule has 3 amide bonds. The van der Waals surface area contributed by atoms with E-state index in [2.05, 4.69) is 0 Å². The van der Waals surface area contributed by atoms with E-state index >= 15 is 0 Å². The van der Waals surface area contributed by atoms with E-state index in [0.717, 1.165) is 10.7 Å². The topological polar surface area (TPSA) is 84.0 Å². The number of amides is 3. The molecular weight excluding hydrogens is 360 g/mol. The largest absolute Gasteiger partial charge is 0.467 e. The van der Waals surface area contributed by atoms with Gasteiger partial charge in [-0.15, -0.1) is 0 Å². The molecule has 1 aliphatic rings. The normalized spacial score (nSPS) is 13.1. The Labute approximate surface area is 161 Å². The first-order valence-corrected chi connectivity index (χ1v) is 8.77. The van der Waals surface area contributed by atoms with Gasteiger partial charge in [-0.2, -0.15) is 0 Å². The van der Waals surface area contributed by atoms with Crippen LogP contribution in [0, 0.1) is 6.92 Å². The van der Waals surface area contributed by atoms with Crippen molar-refractivity contribution in [3.63, 3.8) is 0 Å². The second-order valence-corrected chi connectivity index (χ2v) is 6.71. The molecule has 0 fully saturated rings. The van der Waals surface area contributed by atoms with Crippen LogP contribution < -0.4 is 0 Å².